The van der Waals surface area contributed by atoms with Crippen LogP contribution in [0.2, 0.25) is 0 Å². The molecule has 1 saturated heterocycles. The first-order valence-corrected chi connectivity index (χ1v) is 8.42. The Balaban J connectivity index is 2.19. The molecule has 10 heteroatoms. The number of hydrogen-bond acceptors (Lipinski definition) is 8. The van der Waals surface area contributed by atoms with Gasteiger partial charge in [-0.05, 0) is 32.4 Å². The minimum absolute atomic E-state index is 0.0201. The van der Waals surface area contributed by atoms with Crippen molar-refractivity contribution in [3.8, 4) is 5.75 Å². The van der Waals surface area contributed by atoms with E-state index in [9.17, 15) is 24.3 Å². The molecule has 146 valence electrons. The van der Waals surface area contributed by atoms with Crippen molar-refractivity contribution in [2.75, 3.05) is 6.54 Å². The van der Waals surface area contributed by atoms with E-state index in [1.54, 1.807) is 0 Å². The van der Waals surface area contributed by atoms with Crippen LogP contribution in [0.15, 0.2) is 18.3 Å². The third-order valence-corrected chi connectivity index (χ3v) is 3.84. The zero-order valence-corrected chi connectivity index (χ0v) is 14.9. The summed E-state index contributed by atoms with van der Waals surface area (Å²) in [5.41, 5.74) is -0.266. The van der Waals surface area contributed by atoms with E-state index in [0.29, 0.717) is 6.42 Å². The van der Waals surface area contributed by atoms with E-state index in [2.05, 4.69) is 15.6 Å². The van der Waals surface area contributed by atoms with Crippen LogP contribution < -0.4 is 10.6 Å². The number of ether oxygens (including phenoxy) is 2. The second kappa shape index (κ2) is 8.97. The van der Waals surface area contributed by atoms with Gasteiger partial charge in [-0.25, -0.2) is 9.78 Å². The van der Waals surface area contributed by atoms with Crippen LogP contribution in [0.25, 0.3) is 0 Å². The predicted octanol–water partition coefficient (Wildman–Crippen LogP) is -0.341. The monoisotopic (exact) mass is 379 g/mol. The molecule has 1 aromatic rings. The Bertz CT molecular complexity index is 737. The average molecular weight is 379 g/mol. The number of aromatic nitrogens is 1. The number of amides is 2. The van der Waals surface area contributed by atoms with Crippen LogP contribution in [-0.2, 0) is 23.9 Å². The Morgan fingerprint density at radius 2 is 2.04 bits per heavy atom. The van der Waals surface area contributed by atoms with Gasteiger partial charge in [-0.1, -0.05) is 0 Å². The predicted molar refractivity (Wildman–Crippen MR) is 90.5 cm³/mol. The van der Waals surface area contributed by atoms with Crippen molar-refractivity contribution in [2.24, 2.45) is 0 Å². The summed E-state index contributed by atoms with van der Waals surface area (Å²) in [5, 5.41) is 14.7. The van der Waals surface area contributed by atoms with Crippen molar-refractivity contribution in [3.63, 3.8) is 0 Å². The lowest BCUT2D eigenvalue weighted by Crippen LogP contribution is -2.54. The molecule has 0 spiro atoms. The van der Waals surface area contributed by atoms with Gasteiger partial charge >= 0.3 is 11.9 Å². The van der Waals surface area contributed by atoms with Gasteiger partial charge < -0.3 is 25.2 Å². The van der Waals surface area contributed by atoms with Crippen molar-refractivity contribution in [1.29, 1.82) is 0 Å². The summed E-state index contributed by atoms with van der Waals surface area (Å²) in [6.45, 7) is 2.95. The van der Waals surface area contributed by atoms with Crippen LogP contribution in [0.3, 0.4) is 0 Å². The highest BCUT2D eigenvalue weighted by atomic mass is 16.6. The quantitative estimate of drug-likeness (QED) is 0.592. The maximum atomic E-state index is 12.4. The summed E-state index contributed by atoms with van der Waals surface area (Å²) in [5.74, 6) is -3.17. The van der Waals surface area contributed by atoms with Crippen molar-refractivity contribution in [2.45, 2.75) is 44.9 Å². The van der Waals surface area contributed by atoms with E-state index in [1.165, 1.54) is 32.2 Å². The standard InChI is InChI=1S/C17H21N3O7/c1-9-13(20-16(24)14-11(21)5-3-7-18-14)15(23)19-8-4-6-12(22)26-10(2)17(25)27-9/h3,5,7,9-10,13,21H,4,6,8H2,1-2H3,(H,19,23)(H,20,24)/t9-,10-,13+/m1/s1. The average Bonchev–Trinajstić information content (AvgIpc) is 2.62. The van der Waals surface area contributed by atoms with Gasteiger partial charge in [0.05, 0.1) is 0 Å². The number of carbonyl (C=O) groups is 4. The molecule has 0 saturated carbocycles. The highest BCUT2D eigenvalue weighted by Gasteiger charge is 2.33. The largest absolute Gasteiger partial charge is 0.505 e. The third-order valence-electron chi connectivity index (χ3n) is 3.84. The highest BCUT2D eigenvalue weighted by molar-refractivity contribution is 5.98. The smallest absolute Gasteiger partial charge is 0.347 e. The van der Waals surface area contributed by atoms with Gasteiger partial charge in [-0.15, -0.1) is 0 Å². The van der Waals surface area contributed by atoms with Crippen LogP contribution >= 0.6 is 0 Å². The minimum Gasteiger partial charge on any atom is -0.505 e. The SMILES string of the molecule is C[C@H]1OC(=O)CCCNC(=O)[C@@H](NC(=O)c2ncccc2O)[C@@H](C)OC1=O. The van der Waals surface area contributed by atoms with Gasteiger partial charge in [-0.3, -0.25) is 14.4 Å². The molecule has 0 unspecified atom stereocenters. The molecule has 2 heterocycles. The maximum absolute atomic E-state index is 12.4. The first kappa shape index (κ1) is 20.1. The minimum atomic E-state index is -1.23. The van der Waals surface area contributed by atoms with Gasteiger partial charge in [0, 0.05) is 19.2 Å². The van der Waals surface area contributed by atoms with Crippen molar-refractivity contribution in [1.82, 2.24) is 15.6 Å². The van der Waals surface area contributed by atoms with Gasteiger partial charge in [-0.2, -0.15) is 0 Å². The highest BCUT2D eigenvalue weighted by Crippen LogP contribution is 2.13. The van der Waals surface area contributed by atoms with Crippen LogP contribution in [0.1, 0.15) is 37.2 Å². The Labute approximate surface area is 155 Å². The molecule has 0 radical (unpaired) electrons. The van der Waals surface area contributed by atoms with E-state index in [0.717, 1.165) is 0 Å². The Hall–Kier alpha value is -3.17. The normalized spacial score (nSPS) is 24.5. The third kappa shape index (κ3) is 5.40. The Morgan fingerprint density at radius 1 is 1.30 bits per heavy atom. The first-order chi connectivity index (χ1) is 12.8. The van der Waals surface area contributed by atoms with Gasteiger partial charge in [0.1, 0.15) is 17.9 Å². The molecule has 0 aliphatic carbocycles. The molecule has 2 amide bonds. The zero-order chi connectivity index (χ0) is 20.0. The van der Waals surface area contributed by atoms with Gasteiger partial charge in [0.15, 0.2) is 11.8 Å². The number of aromatic hydroxyl groups is 1. The van der Waals surface area contributed by atoms with Gasteiger partial charge in [0.2, 0.25) is 5.91 Å². The molecule has 1 fully saturated rings. The number of carbonyl (C=O) groups excluding carboxylic acids is 4. The van der Waals surface area contributed by atoms with Crippen molar-refractivity contribution in [3.05, 3.63) is 24.0 Å². The van der Waals surface area contributed by atoms with Crippen LogP contribution in [0.4, 0.5) is 0 Å². The van der Waals surface area contributed by atoms with Crippen molar-refractivity contribution >= 4 is 23.8 Å². The van der Waals surface area contributed by atoms with E-state index in [1.807, 2.05) is 0 Å². The molecule has 3 N–H and O–H groups in total. The molecule has 2 rings (SSSR count). The number of nitrogens with zero attached hydrogens (tertiary/aromatic N) is 1. The van der Waals surface area contributed by atoms with Crippen molar-refractivity contribution < 1.29 is 33.8 Å². The summed E-state index contributed by atoms with van der Waals surface area (Å²) < 4.78 is 10.1. The van der Waals surface area contributed by atoms with E-state index < -0.39 is 42.0 Å². The molecule has 27 heavy (non-hydrogen) atoms. The molecule has 1 aromatic heterocycles. The number of hydrogen-bond donors (Lipinski definition) is 3. The number of rotatable bonds is 2. The summed E-state index contributed by atoms with van der Waals surface area (Å²) >= 11 is 0. The summed E-state index contributed by atoms with van der Waals surface area (Å²) in [6.07, 6.45) is -0.560. The molecular formula is C17H21N3O7. The summed E-state index contributed by atoms with van der Waals surface area (Å²) in [6, 6.07) is 1.50. The maximum Gasteiger partial charge on any atom is 0.347 e. The Morgan fingerprint density at radius 3 is 2.74 bits per heavy atom. The second-order valence-corrected chi connectivity index (χ2v) is 5.99. The fourth-order valence-corrected chi connectivity index (χ4v) is 2.38. The van der Waals surface area contributed by atoms with E-state index in [4.69, 9.17) is 9.47 Å². The molecule has 10 nitrogen and oxygen atoms in total. The molecule has 0 bridgehead atoms. The second-order valence-electron chi connectivity index (χ2n) is 5.99. The van der Waals surface area contributed by atoms with Crippen LogP contribution in [0, 0.1) is 0 Å². The van der Waals surface area contributed by atoms with E-state index >= 15 is 0 Å². The molecular weight excluding hydrogens is 358 g/mol. The topological polar surface area (TPSA) is 144 Å². The van der Waals surface area contributed by atoms with Crippen LogP contribution in [-0.4, -0.2) is 58.6 Å². The zero-order valence-electron chi connectivity index (χ0n) is 14.9. The Kier molecular flexibility index (Phi) is 6.69. The lowest BCUT2D eigenvalue weighted by molar-refractivity contribution is -0.171. The fourth-order valence-electron chi connectivity index (χ4n) is 2.38. The summed E-state index contributed by atoms with van der Waals surface area (Å²) in [4.78, 5) is 52.2. The number of pyridine rings is 1. The first-order valence-electron chi connectivity index (χ1n) is 8.42. The molecule has 0 aromatic carbocycles. The molecule has 1 aliphatic rings. The lowest BCUT2D eigenvalue weighted by Gasteiger charge is -2.26. The number of nitrogens with one attached hydrogen (secondary N) is 2. The summed E-state index contributed by atoms with van der Waals surface area (Å²) in [7, 11) is 0. The van der Waals surface area contributed by atoms with Gasteiger partial charge in [0.25, 0.3) is 5.91 Å². The number of esters is 2. The number of cyclic esters (lactones) is 2. The van der Waals surface area contributed by atoms with Crippen LogP contribution in [0.5, 0.6) is 5.75 Å². The molecule has 1 aliphatic heterocycles. The van der Waals surface area contributed by atoms with E-state index in [-0.39, 0.29) is 24.4 Å². The molecule has 3 atom stereocenters. The fraction of sp³-hybridized carbons (Fsp3) is 0.471. The lowest BCUT2D eigenvalue weighted by atomic mass is 10.1.